The van der Waals surface area contributed by atoms with Crippen molar-refractivity contribution in [1.29, 1.82) is 0 Å². The first-order valence-corrected chi connectivity index (χ1v) is 8.92. The van der Waals surface area contributed by atoms with Crippen LogP contribution in [-0.4, -0.2) is 55.4 Å². The molecule has 1 atom stereocenters. The average Bonchev–Trinajstić information content (AvgIpc) is 2.35. The Kier molecular flexibility index (Phi) is 7.28. The van der Waals surface area contributed by atoms with Crippen molar-refractivity contribution in [3.8, 4) is 0 Å². The maximum atomic E-state index is 12.3. The van der Waals surface area contributed by atoms with Crippen LogP contribution in [0.4, 0.5) is 0 Å². The topological polar surface area (TPSA) is 69.6 Å². The van der Waals surface area contributed by atoms with Gasteiger partial charge in [-0.2, -0.15) is 4.31 Å². The zero-order valence-electron chi connectivity index (χ0n) is 12.1. The molecular formula is C13H28N2O3S. The lowest BCUT2D eigenvalue weighted by molar-refractivity contribution is 0.192. The fourth-order valence-electron chi connectivity index (χ4n) is 2.54. The van der Waals surface area contributed by atoms with Gasteiger partial charge in [-0.05, 0) is 32.2 Å². The van der Waals surface area contributed by atoms with Crippen molar-refractivity contribution < 1.29 is 13.5 Å². The molecule has 0 amide bonds. The van der Waals surface area contributed by atoms with Gasteiger partial charge >= 0.3 is 0 Å². The SMILES string of the molecule is CC(C)NCCCS(=O)(=O)N1CCCCC1CCO. The summed E-state index contributed by atoms with van der Waals surface area (Å²) >= 11 is 0. The van der Waals surface area contributed by atoms with Crippen molar-refractivity contribution in [3.05, 3.63) is 0 Å². The molecule has 1 fully saturated rings. The van der Waals surface area contributed by atoms with Crippen LogP contribution in [0.2, 0.25) is 0 Å². The standard InChI is InChI=1S/C13H28N2O3S/c1-12(2)14-8-5-11-19(17,18)15-9-4-3-6-13(15)7-10-16/h12-14,16H,3-11H2,1-2H3. The van der Waals surface area contributed by atoms with Gasteiger partial charge in [0.15, 0.2) is 0 Å². The Morgan fingerprint density at radius 3 is 2.74 bits per heavy atom. The maximum absolute atomic E-state index is 12.3. The van der Waals surface area contributed by atoms with Gasteiger partial charge in [-0.1, -0.05) is 20.3 Å². The van der Waals surface area contributed by atoms with Crippen LogP contribution in [0.25, 0.3) is 0 Å². The minimum atomic E-state index is -3.17. The van der Waals surface area contributed by atoms with E-state index in [1.165, 1.54) is 0 Å². The molecule has 0 radical (unpaired) electrons. The summed E-state index contributed by atoms with van der Waals surface area (Å²) in [5.74, 6) is 0.203. The van der Waals surface area contributed by atoms with Crippen molar-refractivity contribution >= 4 is 10.0 Å². The number of sulfonamides is 1. The second-order valence-electron chi connectivity index (χ2n) is 5.55. The van der Waals surface area contributed by atoms with E-state index < -0.39 is 10.0 Å². The maximum Gasteiger partial charge on any atom is 0.214 e. The van der Waals surface area contributed by atoms with Gasteiger partial charge in [0.25, 0.3) is 0 Å². The zero-order valence-corrected chi connectivity index (χ0v) is 13.0. The molecule has 0 aromatic carbocycles. The minimum absolute atomic E-state index is 0.00167. The first-order chi connectivity index (χ1) is 8.97. The highest BCUT2D eigenvalue weighted by molar-refractivity contribution is 7.89. The Morgan fingerprint density at radius 2 is 2.11 bits per heavy atom. The van der Waals surface area contributed by atoms with Gasteiger partial charge in [-0.3, -0.25) is 0 Å². The van der Waals surface area contributed by atoms with Crippen LogP contribution in [0, 0.1) is 0 Å². The summed E-state index contributed by atoms with van der Waals surface area (Å²) in [5, 5.41) is 12.3. The third kappa shape index (κ3) is 5.77. The smallest absolute Gasteiger partial charge is 0.214 e. The van der Waals surface area contributed by atoms with Crippen molar-refractivity contribution in [2.45, 2.75) is 58.0 Å². The van der Waals surface area contributed by atoms with E-state index in [1.54, 1.807) is 4.31 Å². The quantitative estimate of drug-likeness (QED) is 0.653. The molecule has 0 aromatic rings. The summed E-state index contributed by atoms with van der Waals surface area (Å²) in [6, 6.07) is 0.390. The molecule has 0 spiro atoms. The fraction of sp³-hybridized carbons (Fsp3) is 1.00. The molecule has 1 saturated heterocycles. The predicted octanol–water partition coefficient (Wildman–Crippen LogP) is 0.941. The number of rotatable bonds is 8. The van der Waals surface area contributed by atoms with Gasteiger partial charge in [0.2, 0.25) is 10.0 Å². The molecule has 6 heteroatoms. The lowest BCUT2D eigenvalue weighted by atomic mass is 10.0. The van der Waals surface area contributed by atoms with Crippen molar-refractivity contribution in [2.75, 3.05) is 25.4 Å². The first-order valence-electron chi connectivity index (χ1n) is 7.31. The normalized spacial score (nSPS) is 22.0. The minimum Gasteiger partial charge on any atom is -0.396 e. The number of nitrogens with one attached hydrogen (secondary N) is 1. The van der Waals surface area contributed by atoms with Gasteiger partial charge < -0.3 is 10.4 Å². The Hall–Kier alpha value is -0.170. The zero-order chi connectivity index (χ0) is 14.3. The summed E-state index contributed by atoms with van der Waals surface area (Å²) in [4.78, 5) is 0. The molecule has 1 rings (SSSR count). The number of aliphatic hydroxyl groups is 1. The molecule has 0 bridgehead atoms. The number of hydrogen-bond donors (Lipinski definition) is 2. The van der Waals surface area contributed by atoms with Crippen LogP contribution >= 0.6 is 0 Å². The summed E-state index contributed by atoms with van der Waals surface area (Å²) in [6.07, 6.45) is 4.08. The Morgan fingerprint density at radius 1 is 1.37 bits per heavy atom. The molecule has 2 N–H and O–H groups in total. The van der Waals surface area contributed by atoms with E-state index in [0.29, 0.717) is 25.4 Å². The Balaban J connectivity index is 2.49. The third-order valence-electron chi connectivity index (χ3n) is 3.52. The molecule has 19 heavy (non-hydrogen) atoms. The van der Waals surface area contributed by atoms with Crippen LogP contribution in [0.3, 0.4) is 0 Å². The van der Waals surface area contributed by atoms with E-state index in [1.807, 2.05) is 0 Å². The number of hydrogen-bond acceptors (Lipinski definition) is 4. The summed E-state index contributed by atoms with van der Waals surface area (Å²) in [5.41, 5.74) is 0. The molecule has 5 nitrogen and oxygen atoms in total. The van der Waals surface area contributed by atoms with E-state index >= 15 is 0 Å². The first kappa shape index (κ1) is 16.9. The van der Waals surface area contributed by atoms with Crippen LogP contribution in [0.15, 0.2) is 0 Å². The van der Waals surface area contributed by atoms with Crippen LogP contribution in [0.5, 0.6) is 0 Å². The molecule has 1 aliphatic heterocycles. The molecule has 0 aromatic heterocycles. The molecular weight excluding hydrogens is 264 g/mol. The lowest BCUT2D eigenvalue weighted by Gasteiger charge is -2.34. The van der Waals surface area contributed by atoms with Gasteiger partial charge in [-0.25, -0.2) is 8.42 Å². The van der Waals surface area contributed by atoms with Crippen LogP contribution < -0.4 is 5.32 Å². The number of nitrogens with zero attached hydrogens (tertiary/aromatic N) is 1. The fourth-order valence-corrected chi connectivity index (χ4v) is 4.36. The molecule has 0 aliphatic carbocycles. The second-order valence-corrected chi connectivity index (χ2v) is 7.59. The third-order valence-corrected chi connectivity index (χ3v) is 5.52. The van der Waals surface area contributed by atoms with Gasteiger partial charge in [-0.15, -0.1) is 0 Å². The monoisotopic (exact) mass is 292 g/mol. The van der Waals surface area contributed by atoms with E-state index in [2.05, 4.69) is 19.2 Å². The molecule has 1 aliphatic rings. The van der Waals surface area contributed by atoms with E-state index in [0.717, 1.165) is 25.8 Å². The molecule has 0 saturated carbocycles. The van der Waals surface area contributed by atoms with E-state index in [9.17, 15) is 8.42 Å². The Bertz CT molecular complexity index is 342. The van der Waals surface area contributed by atoms with Gasteiger partial charge in [0.05, 0.1) is 5.75 Å². The number of piperidine rings is 1. The summed E-state index contributed by atoms with van der Waals surface area (Å²) < 4.78 is 26.3. The lowest BCUT2D eigenvalue weighted by Crippen LogP contribution is -2.45. The average molecular weight is 292 g/mol. The van der Waals surface area contributed by atoms with E-state index in [4.69, 9.17) is 5.11 Å². The summed E-state index contributed by atoms with van der Waals surface area (Å²) in [6.45, 7) is 5.51. The van der Waals surface area contributed by atoms with Crippen LogP contribution in [-0.2, 0) is 10.0 Å². The van der Waals surface area contributed by atoms with Gasteiger partial charge in [0, 0.05) is 25.2 Å². The summed E-state index contributed by atoms with van der Waals surface area (Å²) in [7, 11) is -3.17. The van der Waals surface area contributed by atoms with Gasteiger partial charge in [0.1, 0.15) is 0 Å². The van der Waals surface area contributed by atoms with Crippen molar-refractivity contribution in [3.63, 3.8) is 0 Å². The highest BCUT2D eigenvalue weighted by atomic mass is 32.2. The van der Waals surface area contributed by atoms with E-state index in [-0.39, 0.29) is 18.4 Å². The Labute approximate surface area is 117 Å². The largest absolute Gasteiger partial charge is 0.396 e. The van der Waals surface area contributed by atoms with Crippen molar-refractivity contribution in [1.82, 2.24) is 9.62 Å². The highest BCUT2D eigenvalue weighted by Gasteiger charge is 2.31. The number of aliphatic hydroxyl groups excluding tert-OH is 1. The highest BCUT2D eigenvalue weighted by Crippen LogP contribution is 2.23. The second kappa shape index (κ2) is 8.19. The predicted molar refractivity (Wildman–Crippen MR) is 77.6 cm³/mol. The molecule has 114 valence electrons. The molecule has 1 unspecified atom stereocenters. The van der Waals surface area contributed by atoms with Crippen LogP contribution in [0.1, 0.15) is 46.0 Å². The van der Waals surface area contributed by atoms with Crippen molar-refractivity contribution in [2.24, 2.45) is 0 Å². The molecule has 1 heterocycles.